The number of hydrogen-bond acceptors (Lipinski definition) is 3. The van der Waals surface area contributed by atoms with Crippen molar-refractivity contribution in [3.63, 3.8) is 0 Å². The Bertz CT molecular complexity index is 1390. The Morgan fingerprint density at radius 3 is 2.28 bits per heavy atom. The monoisotopic (exact) mass is 483 g/mol. The molecule has 0 bridgehead atoms. The van der Waals surface area contributed by atoms with Crippen molar-refractivity contribution in [2.45, 2.75) is 54.3 Å². The van der Waals surface area contributed by atoms with Gasteiger partial charge in [-0.05, 0) is 63.9 Å². The maximum absolute atomic E-state index is 13.4. The molecule has 0 unspecified atom stereocenters. The van der Waals surface area contributed by atoms with Gasteiger partial charge in [-0.2, -0.15) is 5.10 Å². The summed E-state index contributed by atoms with van der Waals surface area (Å²) in [6, 6.07) is 16.8. The van der Waals surface area contributed by atoms with Crippen molar-refractivity contribution in [3.05, 3.63) is 87.9 Å². The number of nitrogens with zero attached hydrogens (tertiary/aromatic N) is 5. The van der Waals surface area contributed by atoms with Gasteiger partial charge >= 0.3 is 0 Å². The van der Waals surface area contributed by atoms with Crippen LogP contribution in [0.5, 0.6) is 0 Å². The second-order valence-electron chi connectivity index (χ2n) is 10.0. The predicted molar refractivity (Wildman–Crippen MR) is 146 cm³/mol. The summed E-state index contributed by atoms with van der Waals surface area (Å²) in [7, 11) is 0. The average molecular weight is 484 g/mol. The molecular formula is C30H37N5O. The maximum atomic E-state index is 13.4. The highest BCUT2D eigenvalue weighted by atomic mass is 16.2. The smallest absolute Gasteiger partial charge is 0.253 e. The Balaban J connectivity index is 1.29. The quantitative estimate of drug-likeness (QED) is 0.383. The van der Waals surface area contributed by atoms with Crippen LogP contribution in [0.25, 0.3) is 10.9 Å². The fraction of sp³-hybridized carbons (Fsp3) is 0.400. The summed E-state index contributed by atoms with van der Waals surface area (Å²) in [6.45, 7) is 16.6. The van der Waals surface area contributed by atoms with Crippen molar-refractivity contribution < 1.29 is 4.79 Å². The Morgan fingerprint density at radius 1 is 0.889 bits per heavy atom. The van der Waals surface area contributed by atoms with Crippen molar-refractivity contribution in [1.82, 2.24) is 24.1 Å². The molecule has 1 saturated heterocycles. The van der Waals surface area contributed by atoms with Crippen LogP contribution in [0.4, 0.5) is 0 Å². The molecule has 5 rings (SSSR count). The lowest BCUT2D eigenvalue weighted by Gasteiger charge is -2.35. The SMILES string of the molecule is CCn1nc(C)c(CN2CCN(C(=O)c3ccc4c(c3)c(C)c(C)n4Cc3ccccc3)CC2)c1C. The third-order valence-corrected chi connectivity index (χ3v) is 7.94. The third-order valence-electron chi connectivity index (χ3n) is 7.94. The Labute approximate surface area is 214 Å². The summed E-state index contributed by atoms with van der Waals surface area (Å²) in [5, 5.41) is 5.84. The first-order valence-electron chi connectivity index (χ1n) is 13.0. The number of benzene rings is 2. The van der Waals surface area contributed by atoms with Crippen molar-refractivity contribution in [2.75, 3.05) is 26.2 Å². The summed E-state index contributed by atoms with van der Waals surface area (Å²) < 4.78 is 4.44. The summed E-state index contributed by atoms with van der Waals surface area (Å²) in [5.41, 5.74) is 9.46. The van der Waals surface area contributed by atoms with Crippen LogP contribution in [0, 0.1) is 27.7 Å². The topological polar surface area (TPSA) is 46.3 Å². The molecule has 6 nitrogen and oxygen atoms in total. The van der Waals surface area contributed by atoms with E-state index in [9.17, 15) is 4.79 Å². The third kappa shape index (κ3) is 4.46. The molecule has 3 heterocycles. The first-order chi connectivity index (χ1) is 17.4. The zero-order valence-corrected chi connectivity index (χ0v) is 22.2. The number of aryl methyl sites for hydroxylation is 3. The molecule has 6 heteroatoms. The molecule has 2 aromatic heterocycles. The van der Waals surface area contributed by atoms with Gasteiger partial charge in [0.2, 0.25) is 0 Å². The van der Waals surface area contributed by atoms with Gasteiger partial charge in [0.25, 0.3) is 5.91 Å². The fourth-order valence-electron chi connectivity index (χ4n) is 5.54. The summed E-state index contributed by atoms with van der Waals surface area (Å²) in [5.74, 6) is 0.135. The number of aromatic nitrogens is 3. The summed E-state index contributed by atoms with van der Waals surface area (Å²) in [6.07, 6.45) is 0. The minimum absolute atomic E-state index is 0.135. The minimum atomic E-state index is 0.135. The van der Waals surface area contributed by atoms with E-state index in [0.29, 0.717) is 0 Å². The standard InChI is InChI=1S/C30H37N5O/c1-6-35-24(5)28(22(3)31-35)20-32-14-16-33(17-15-32)30(36)26-12-13-29-27(18-26)21(2)23(4)34(29)19-25-10-8-7-9-11-25/h7-13,18H,6,14-17,19-20H2,1-5H3. The van der Waals surface area contributed by atoms with Crippen LogP contribution >= 0.6 is 0 Å². The molecule has 0 N–H and O–H groups in total. The maximum Gasteiger partial charge on any atom is 0.253 e. The van der Waals surface area contributed by atoms with E-state index in [0.717, 1.165) is 57.1 Å². The van der Waals surface area contributed by atoms with Gasteiger partial charge < -0.3 is 9.47 Å². The van der Waals surface area contributed by atoms with E-state index in [1.54, 1.807) is 0 Å². The average Bonchev–Trinajstić information content (AvgIpc) is 3.31. The molecular weight excluding hydrogens is 446 g/mol. The van der Waals surface area contributed by atoms with Crippen molar-refractivity contribution in [3.8, 4) is 0 Å². The second-order valence-corrected chi connectivity index (χ2v) is 10.0. The number of rotatable bonds is 6. The summed E-state index contributed by atoms with van der Waals surface area (Å²) in [4.78, 5) is 17.9. The summed E-state index contributed by atoms with van der Waals surface area (Å²) >= 11 is 0. The van der Waals surface area contributed by atoms with Gasteiger partial charge in [-0.25, -0.2) is 0 Å². The Morgan fingerprint density at radius 2 is 1.61 bits per heavy atom. The highest BCUT2D eigenvalue weighted by Crippen LogP contribution is 2.28. The number of carbonyl (C=O) groups is 1. The van der Waals surface area contributed by atoms with Gasteiger partial charge in [0.05, 0.1) is 5.69 Å². The molecule has 1 aliphatic rings. The minimum Gasteiger partial charge on any atom is -0.340 e. The normalized spacial score (nSPS) is 14.6. The zero-order chi connectivity index (χ0) is 25.4. The van der Waals surface area contributed by atoms with E-state index in [4.69, 9.17) is 0 Å². The number of piperazine rings is 1. The Kier molecular flexibility index (Phi) is 6.71. The van der Waals surface area contributed by atoms with E-state index >= 15 is 0 Å². The molecule has 0 atom stereocenters. The van der Waals surface area contributed by atoms with E-state index in [1.165, 1.54) is 39.0 Å². The van der Waals surface area contributed by atoms with Gasteiger partial charge in [0.1, 0.15) is 0 Å². The fourth-order valence-corrected chi connectivity index (χ4v) is 5.54. The lowest BCUT2D eigenvalue weighted by atomic mass is 10.1. The lowest BCUT2D eigenvalue weighted by molar-refractivity contribution is 0.0628. The van der Waals surface area contributed by atoms with Crippen LogP contribution in [-0.2, 0) is 19.6 Å². The van der Waals surface area contributed by atoms with Gasteiger partial charge in [0.15, 0.2) is 0 Å². The second kappa shape index (κ2) is 9.94. The van der Waals surface area contributed by atoms with Crippen LogP contribution in [0.1, 0.15) is 51.1 Å². The van der Waals surface area contributed by atoms with E-state index in [2.05, 4.69) is 96.3 Å². The molecule has 1 aliphatic heterocycles. The Hall–Kier alpha value is -3.38. The molecule has 1 fully saturated rings. The largest absolute Gasteiger partial charge is 0.340 e. The number of amides is 1. The van der Waals surface area contributed by atoms with Crippen molar-refractivity contribution in [2.24, 2.45) is 0 Å². The van der Waals surface area contributed by atoms with Gasteiger partial charge in [0, 0.05) is 79.2 Å². The molecule has 0 spiro atoms. The first kappa shape index (κ1) is 24.3. The van der Waals surface area contributed by atoms with E-state index in [1.807, 2.05) is 11.0 Å². The van der Waals surface area contributed by atoms with Gasteiger partial charge in [-0.1, -0.05) is 30.3 Å². The number of carbonyl (C=O) groups excluding carboxylic acids is 1. The predicted octanol–water partition coefficient (Wildman–Crippen LogP) is 5.10. The van der Waals surface area contributed by atoms with E-state index in [-0.39, 0.29) is 5.91 Å². The molecule has 0 radical (unpaired) electrons. The molecule has 36 heavy (non-hydrogen) atoms. The van der Waals surface area contributed by atoms with Crippen LogP contribution in [-0.4, -0.2) is 56.2 Å². The number of fused-ring (bicyclic) bond motifs is 1. The molecule has 1 amide bonds. The van der Waals surface area contributed by atoms with Crippen LogP contribution in [0.3, 0.4) is 0 Å². The highest BCUT2D eigenvalue weighted by molar-refractivity contribution is 5.99. The molecule has 0 saturated carbocycles. The number of hydrogen-bond donors (Lipinski definition) is 0. The van der Waals surface area contributed by atoms with Crippen LogP contribution < -0.4 is 0 Å². The molecule has 188 valence electrons. The van der Waals surface area contributed by atoms with E-state index < -0.39 is 0 Å². The van der Waals surface area contributed by atoms with Crippen LogP contribution in [0.15, 0.2) is 48.5 Å². The van der Waals surface area contributed by atoms with Crippen LogP contribution in [0.2, 0.25) is 0 Å². The molecule has 0 aliphatic carbocycles. The molecule has 2 aromatic carbocycles. The highest BCUT2D eigenvalue weighted by Gasteiger charge is 2.24. The molecule has 4 aromatic rings. The zero-order valence-electron chi connectivity index (χ0n) is 22.2. The van der Waals surface area contributed by atoms with Gasteiger partial charge in [-0.15, -0.1) is 0 Å². The van der Waals surface area contributed by atoms with Crippen molar-refractivity contribution >= 4 is 16.8 Å². The van der Waals surface area contributed by atoms with Crippen molar-refractivity contribution in [1.29, 1.82) is 0 Å². The lowest BCUT2D eigenvalue weighted by Crippen LogP contribution is -2.48. The van der Waals surface area contributed by atoms with Gasteiger partial charge in [-0.3, -0.25) is 14.4 Å². The first-order valence-corrected chi connectivity index (χ1v) is 13.0.